The summed E-state index contributed by atoms with van der Waals surface area (Å²) in [5, 5.41) is 7.81. The van der Waals surface area contributed by atoms with E-state index in [4.69, 9.17) is 11.5 Å². The fourth-order valence-electron chi connectivity index (χ4n) is 2.57. The predicted octanol–water partition coefficient (Wildman–Crippen LogP) is -3.45. The summed E-state index contributed by atoms with van der Waals surface area (Å²) >= 11 is 0. The molecule has 11 heteroatoms. The Kier molecular flexibility index (Phi) is 8.75. The number of rotatable bonds is 4. The summed E-state index contributed by atoms with van der Waals surface area (Å²) in [5.74, 6) is -2.57. The average molecular weight is 385 g/mol. The molecule has 0 radical (unpaired) electrons. The van der Waals surface area contributed by atoms with Gasteiger partial charge in [-0.1, -0.05) is 0 Å². The minimum atomic E-state index is -1.03. The Morgan fingerprint density at radius 2 is 1.77 bits per heavy atom. The van der Waals surface area contributed by atoms with Crippen LogP contribution >= 0.6 is 0 Å². The summed E-state index contributed by atoms with van der Waals surface area (Å²) in [6, 6.07) is -1.92. The lowest BCUT2D eigenvalue weighted by Gasteiger charge is -2.23. The zero-order valence-corrected chi connectivity index (χ0v) is 16.9. The number of carbonyl (C=O) groups is 5. The Balaban J connectivity index is 2.95. The van der Waals surface area contributed by atoms with Gasteiger partial charge in [0.1, 0.15) is 12.1 Å². The molecule has 0 spiro atoms. The van der Waals surface area contributed by atoms with Crippen LogP contribution in [0.5, 0.6) is 0 Å². The lowest BCUT2D eigenvalue weighted by atomic mass is 10.1. The molecule has 0 unspecified atom stereocenters. The highest BCUT2D eigenvalue weighted by Crippen LogP contribution is 2.09. The highest BCUT2D eigenvalue weighted by molar-refractivity contribution is 6.25. The molecular weight excluding hydrogens is 358 g/mol. The highest BCUT2D eigenvalue weighted by Gasteiger charge is 2.28. The molecule has 1 aliphatic heterocycles. The van der Waals surface area contributed by atoms with Crippen LogP contribution in [0.25, 0.3) is 0 Å². The van der Waals surface area contributed by atoms with Crippen molar-refractivity contribution in [3.8, 4) is 0 Å². The van der Waals surface area contributed by atoms with Crippen molar-refractivity contribution in [1.29, 1.82) is 0 Å². The Bertz CT molecular complexity index is 571. The van der Waals surface area contributed by atoms with Crippen LogP contribution in [-0.2, 0) is 24.0 Å². The summed E-state index contributed by atoms with van der Waals surface area (Å²) in [7, 11) is 0.421. The van der Waals surface area contributed by atoms with Crippen LogP contribution in [0.4, 0.5) is 0 Å². The van der Waals surface area contributed by atoms with Gasteiger partial charge in [-0.05, 0) is 25.7 Å². The summed E-state index contributed by atoms with van der Waals surface area (Å²) in [5.41, 5.74) is 9.92. The van der Waals surface area contributed by atoms with Gasteiger partial charge in [-0.25, -0.2) is 0 Å². The smallest absolute Gasteiger partial charge is 0.243 e. The van der Waals surface area contributed by atoms with Gasteiger partial charge in [0.2, 0.25) is 29.5 Å². The van der Waals surface area contributed by atoms with E-state index in [1.807, 2.05) is 0 Å². The van der Waals surface area contributed by atoms with E-state index in [9.17, 15) is 24.0 Å². The lowest BCUT2D eigenvalue weighted by Crippen LogP contribution is -2.53. The van der Waals surface area contributed by atoms with Crippen LogP contribution in [-0.4, -0.2) is 58.4 Å². The molecule has 1 aliphatic rings. The molecule has 0 aromatic carbocycles. The van der Waals surface area contributed by atoms with Gasteiger partial charge in [-0.2, -0.15) is 0 Å². The van der Waals surface area contributed by atoms with Crippen LogP contribution in [0.3, 0.4) is 0 Å². The van der Waals surface area contributed by atoms with Crippen molar-refractivity contribution in [3.05, 3.63) is 0 Å². The lowest BCUT2D eigenvalue weighted by molar-refractivity contribution is -0.132. The van der Waals surface area contributed by atoms with E-state index in [-0.39, 0.29) is 25.2 Å². The third-order valence-corrected chi connectivity index (χ3v) is 5.09. The van der Waals surface area contributed by atoms with E-state index < -0.39 is 41.3 Å². The van der Waals surface area contributed by atoms with Gasteiger partial charge in [-0.15, -0.1) is 0 Å². The van der Waals surface area contributed by atoms with E-state index in [2.05, 4.69) is 16.0 Å². The van der Waals surface area contributed by atoms with E-state index in [0.717, 1.165) is 0 Å². The van der Waals surface area contributed by atoms with Crippen molar-refractivity contribution >= 4 is 39.8 Å². The minimum Gasteiger partial charge on any atom is -0.370 e. The fraction of sp³-hybridized carbons (Fsp3) is 0.667. The van der Waals surface area contributed by atoms with Crippen molar-refractivity contribution in [2.45, 2.75) is 56.1 Å². The number of hydrogen-bond donors (Lipinski definition) is 5. The van der Waals surface area contributed by atoms with Crippen molar-refractivity contribution < 1.29 is 24.0 Å². The largest absolute Gasteiger partial charge is 0.370 e. The quantitative estimate of drug-likeness (QED) is 0.316. The van der Waals surface area contributed by atoms with Crippen molar-refractivity contribution in [2.24, 2.45) is 11.5 Å². The van der Waals surface area contributed by atoms with Crippen LogP contribution in [0, 0.1) is 0 Å². The van der Waals surface area contributed by atoms with Crippen LogP contribution in [0.2, 0.25) is 5.54 Å². The molecule has 1 fully saturated rings. The van der Waals surface area contributed by atoms with Gasteiger partial charge in [0, 0.05) is 35.2 Å². The number of hydrogen-bond acceptors (Lipinski definition) is 5. The second kappa shape index (κ2) is 10.5. The molecule has 7 N–H and O–H groups in total. The molecule has 26 heavy (non-hydrogen) atoms. The number of nitrogens with two attached hydrogens (primary N) is 2. The zero-order valence-electron chi connectivity index (χ0n) is 14.9. The maximum absolute atomic E-state index is 12.5. The first-order valence-corrected chi connectivity index (χ1v) is 9.81. The third kappa shape index (κ3) is 7.63. The molecule has 0 bridgehead atoms. The topological polar surface area (TPSA) is 173 Å². The molecule has 1 heterocycles. The fourth-order valence-corrected chi connectivity index (χ4v) is 3.11. The Morgan fingerprint density at radius 1 is 1.08 bits per heavy atom. The molecule has 5 amide bonds. The van der Waals surface area contributed by atoms with Gasteiger partial charge in [0.05, 0.1) is 0 Å². The van der Waals surface area contributed by atoms with Crippen molar-refractivity contribution in [1.82, 2.24) is 16.0 Å². The summed E-state index contributed by atoms with van der Waals surface area (Å²) in [6.07, 6.45) is 1.46. The normalized spacial score (nSPS) is 26.2. The second-order valence-corrected chi connectivity index (χ2v) is 7.87. The van der Waals surface area contributed by atoms with Gasteiger partial charge in [-0.3, -0.25) is 24.0 Å². The predicted molar refractivity (Wildman–Crippen MR) is 96.7 cm³/mol. The zero-order chi connectivity index (χ0) is 19.7. The molecule has 1 rings (SSSR count). The van der Waals surface area contributed by atoms with Crippen LogP contribution in [0.1, 0.15) is 38.5 Å². The van der Waals surface area contributed by atoms with E-state index in [1.165, 1.54) is 0 Å². The van der Waals surface area contributed by atoms with E-state index >= 15 is 0 Å². The molecule has 1 saturated heterocycles. The molecule has 10 nitrogen and oxygen atoms in total. The maximum atomic E-state index is 12.5. The SMILES string of the molecule is NC(=O)CC[C@@H]1NC(=O)[C@@H]([SiH3])CC(=O)NCCCC[C@@H](C(N)=O)NC1=O. The summed E-state index contributed by atoms with van der Waals surface area (Å²) in [4.78, 5) is 59.2. The minimum absolute atomic E-state index is 0.00113. The standard InChI is InChI=1S/C15H27N5O5Si/c16-11(21)5-4-9-14(24)19-8(13(17)23)3-1-2-6-18-12(22)7-10(26)15(25)20-9/h8-10H,1-7H2,26H3,(H2,16,21)(H2,17,23)(H,18,22)(H,19,24)(H,20,25)/t8-,9-,10-/m0/s1. The van der Waals surface area contributed by atoms with E-state index in [1.54, 1.807) is 0 Å². The molecule has 0 aromatic rings. The Hall–Kier alpha value is -2.43. The number of primary amides is 2. The first-order chi connectivity index (χ1) is 12.2. The molecule has 0 aromatic heterocycles. The average Bonchev–Trinajstić information content (AvgIpc) is 2.55. The van der Waals surface area contributed by atoms with Gasteiger partial charge in [0.15, 0.2) is 0 Å². The number of nitrogens with one attached hydrogen (secondary N) is 3. The number of amides is 5. The van der Waals surface area contributed by atoms with Crippen molar-refractivity contribution in [3.63, 3.8) is 0 Å². The molecule has 0 aliphatic carbocycles. The van der Waals surface area contributed by atoms with Gasteiger partial charge < -0.3 is 27.4 Å². The van der Waals surface area contributed by atoms with Gasteiger partial charge >= 0.3 is 0 Å². The maximum Gasteiger partial charge on any atom is 0.243 e. The summed E-state index contributed by atoms with van der Waals surface area (Å²) in [6.45, 7) is 0.426. The first-order valence-electron chi connectivity index (χ1n) is 8.65. The highest BCUT2D eigenvalue weighted by atomic mass is 28.1. The molecule has 146 valence electrons. The van der Waals surface area contributed by atoms with Crippen LogP contribution < -0.4 is 27.4 Å². The first kappa shape index (κ1) is 21.6. The second-order valence-electron chi connectivity index (χ2n) is 6.48. The van der Waals surface area contributed by atoms with E-state index in [0.29, 0.717) is 36.0 Å². The Morgan fingerprint density at radius 3 is 2.38 bits per heavy atom. The molecule has 3 atom stereocenters. The van der Waals surface area contributed by atoms with Crippen molar-refractivity contribution in [2.75, 3.05) is 6.54 Å². The monoisotopic (exact) mass is 385 g/mol. The number of carbonyl (C=O) groups excluding carboxylic acids is 5. The molecular formula is C15H27N5O5Si. The van der Waals surface area contributed by atoms with Crippen LogP contribution in [0.15, 0.2) is 0 Å². The molecule has 0 saturated carbocycles. The Labute approximate surface area is 154 Å². The third-order valence-electron chi connectivity index (χ3n) is 4.15. The summed E-state index contributed by atoms with van der Waals surface area (Å²) < 4.78 is 0. The van der Waals surface area contributed by atoms with Gasteiger partial charge in [0.25, 0.3) is 0 Å².